The number of hydrogen-bond donors (Lipinski definition) is 2. The molecule has 1 fully saturated rings. The summed E-state index contributed by atoms with van der Waals surface area (Å²) in [5.41, 5.74) is 0.860. The normalized spacial score (nSPS) is 18.1. The fourth-order valence-electron chi connectivity index (χ4n) is 1.75. The van der Waals surface area contributed by atoms with Gasteiger partial charge in [-0.3, -0.25) is 9.63 Å². The molecule has 2 N–H and O–H groups in total. The maximum atomic E-state index is 11.7. The van der Waals surface area contributed by atoms with Crippen LogP contribution in [0.3, 0.4) is 0 Å². The fraction of sp³-hybridized carbons (Fsp3) is 0.385. The Morgan fingerprint density at radius 3 is 2.90 bits per heavy atom. The number of ether oxygens (including phenoxy) is 1. The highest BCUT2D eigenvalue weighted by Crippen LogP contribution is 2.08. The zero-order chi connectivity index (χ0) is 14.4. The van der Waals surface area contributed by atoms with Gasteiger partial charge in [0.2, 0.25) is 0 Å². The molecule has 2 rings (SSSR count). The first-order chi connectivity index (χ1) is 9.70. The Bertz CT molecular complexity index is 465. The van der Waals surface area contributed by atoms with E-state index in [0.717, 1.165) is 10.6 Å². The van der Waals surface area contributed by atoms with Gasteiger partial charge in [0, 0.05) is 0 Å². The van der Waals surface area contributed by atoms with E-state index in [1.165, 1.54) is 0 Å². The lowest BCUT2D eigenvalue weighted by atomic mass is 10.2. The van der Waals surface area contributed by atoms with Gasteiger partial charge in [0.25, 0.3) is 5.91 Å². The number of amides is 2. The van der Waals surface area contributed by atoms with Gasteiger partial charge in [-0.2, -0.15) is 0 Å². The molecular weight excluding hydrogens is 264 g/mol. The van der Waals surface area contributed by atoms with Crippen molar-refractivity contribution in [2.75, 3.05) is 19.8 Å². The summed E-state index contributed by atoms with van der Waals surface area (Å²) in [6.45, 7) is 0.0566. The minimum Gasteiger partial charge on any atom is -0.445 e. The van der Waals surface area contributed by atoms with Crippen molar-refractivity contribution < 1.29 is 24.3 Å². The van der Waals surface area contributed by atoms with E-state index in [1.807, 2.05) is 30.3 Å². The Hall–Kier alpha value is -2.12. The van der Waals surface area contributed by atoms with Gasteiger partial charge in [-0.15, -0.1) is 0 Å². The number of nitrogens with zero attached hydrogens (tertiary/aromatic N) is 1. The first kappa shape index (κ1) is 14.3. The molecule has 7 heteroatoms. The second-order valence-corrected chi connectivity index (χ2v) is 4.22. The molecule has 108 valence electrons. The maximum Gasteiger partial charge on any atom is 0.408 e. The third-order valence-corrected chi connectivity index (χ3v) is 2.75. The quantitative estimate of drug-likeness (QED) is 0.795. The summed E-state index contributed by atoms with van der Waals surface area (Å²) >= 11 is 0. The smallest absolute Gasteiger partial charge is 0.408 e. The van der Waals surface area contributed by atoms with E-state index in [9.17, 15) is 9.59 Å². The van der Waals surface area contributed by atoms with Crippen LogP contribution in [0.1, 0.15) is 5.56 Å². The number of carbonyl (C=O) groups excluding carboxylic acids is 2. The highest BCUT2D eigenvalue weighted by atomic mass is 16.7. The van der Waals surface area contributed by atoms with Gasteiger partial charge in [0.15, 0.2) is 0 Å². The van der Waals surface area contributed by atoms with Crippen LogP contribution in [0, 0.1) is 0 Å². The van der Waals surface area contributed by atoms with Crippen molar-refractivity contribution in [3.8, 4) is 0 Å². The lowest BCUT2D eigenvalue weighted by molar-refractivity contribution is -0.163. The molecule has 0 radical (unpaired) electrons. The highest BCUT2D eigenvalue weighted by Gasteiger charge is 2.34. The molecule has 20 heavy (non-hydrogen) atoms. The SMILES string of the molecule is O=C(NC1CON(CCO)C1=O)OCc1ccccc1. The van der Waals surface area contributed by atoms with Crippen molar-refractivity contribution in [2.24, 2.45) is 0 Å². The number of aliphatic hydroxyl groups is 1. The first-order valence-corrected chi connectivity index (χ1v) is 6.23. The number of rotatable bonds is 5. The number of carbonyl (C=O) groups is 2. The largest absolute Gasteiger partial charge is 0.445 e. The fourth-order valence-corrected chi connectivity index (χ4v) is 1.75. The summed E-state index contributed by atoms with van der Waals surface area (Å²) in [6, 6.07) is 8.45. The summed E-state index contributed by atoms with van der Waals surface area (Å²) in [4.78, 5) is 28.3. The van der Waals surface area contributed by atoms with E-state index in [4.69, 9.17) is 14.7 Å². The van der Waals surface area contributed by atoms with E-state index in [1.54, 1.807) is 0 Å². The van der Waals surface area contributed by atoms with Crippen LogP contribution in [0.25, 0.3) is 0 Å². The second kappa shape index (κ2) is 6.88. The highest BCUT2D eigenvalue weighted by molar-refractivity contribution is 5.86. The molecular formula is C13H16N2O5. The molecule has 1 atom stereocenters. The zero-order valence-electron chi connectivity index (χ0n) is 10.8. The van der Waals surface area contributed by atoms with Crippen LogP contribution in [0.2, 0.25) is 0 Å². The van der Waals surface area contributed by atoms with E-state index in [-0.39, 0.29) is 26.4 Å². The van der Waals surface area contributed by atoms with Gasteiger partial charge in [-0.1, -0.05) is 30.3 Å². The van der Waals surface area contributed by atoms with Crippen molar-refractivity contribution in [3.05, 3.63) is 35.9 Å². The van der Waals surface area contributed by atoms with Gasteiger partial charge in [-0.05, 0) is 5.56 Å². The molecule has 1 unspecified atom stereocenters. The second-order valence-electron chi connectivity index (χ2n) is 4.22. The summed E-state index contributed by atoms with van der Waals surface area (Å²) in [6.07, 6.45) is -0.679. The van der Waals surface area contributed by atoms with Gasteiger partial charge in [0.05, 0.1) is 13.2 Å². The van der Waals surface area contributed by atoms with Crippen LogP contribution >= 0.6 is 0 Å². The zero-order valence-corrected chi connectivity index (χ0v) is 10.8. The number of hydrogen-bond acceptors (Lipinski definition) is 5. The van der Waals surface area contributed by atoms with Crippen LogP contribution in [-0.4, -0.2) is 48.0 Å². The Morgan fingerprint density at radius 1 is 1.45 bits per heavy atom. The van der Waals surface area contributed by atoms with Crippen molar-refractivity contribution >= 4 is 12.0 Å². The molecule has 0 aliphatic carbocycles. The predicted octanol–water partition coefficient (Wildman–Crippen LogP) is 0.0475. The molecule has 1 aromatic carbocycles. The molecule has 0 saturated carbocycles. The molecule has 7 nitrogen and oxygen atoms in total. The number of aliphatic hydroxyl groups excluding tert-OH is 1. The summed E-state index contributed by atoms with van der Waals surface area (Å²) < 4.78 is 5.01. The summed E-state index contributed by atoms with van der Waals surface area (Å²) in [7, 11) is 0. The number of nitrogens with one attached hydrogen (secondary N) is 1. The summed E-state index contributed by atoms with van der Waals surface area (Å²) in [5, 5.41) is 12.2. The third kappa shape index (κ3) is 3.69. The monoisotopic (exact) mass is 280 g/mol. The number of hydroxylamine groups is 2. The Kier molecular flexibility index (Phi) is 4.91. The van der Waals surface area contributed by atoms with Gasteiger partial charge >= 0.3 is 6.09 Å². The first-order valence-electron chi connectivity index (χ1n) is 6.23. The molecule has 0 spiro atoms. The van der Waals surface area contributed by atoms with Crippen molar-refractivity contribution in [2.45, 2.75) is 12.6 Å². The standard InChI is InChI=1S/C13H16N2O5/c16-7-6-15-12(17)11(9-20-15)14-13(18)19-8-10-4-2-1-3-5-10/h1-5,11,16H,6-9H2,(H,14,18). The molecule has 0 bridgehead atoms. The molecule has 1 aliphatic heterocycles. The molecule has 0 aromatic heterocycles. The molecule has 2 amide bonds. The van der Waals surface area contributed by atoms with Crippen molar-refractivity contribution in [1.82, 2.24) is 10.4 Å². The van der Waals surface area contributed by atoms with Crippen LogP contribution in [0.4, 0.5) is 4.79 Å². The minimum atomic E-state index is -0.773. The topological polar surface area (TPSA) is 88.1 Å². The van der Waals surface area contributed by atoms with Gasteiger partial charge < -0.3 is 15.2 Å². The van der Waals surface area contributed by atoms with E-state index in [0.29, 0.717) is 0 Å². The van der Waals surface area contributed by atoms with Crippen LogP contribution in [-0.2, 0) is 21.0 Å². The number of β-amino-alcohol motifs (C(OH)–C–C–N with tert-alkyl or cyclic N) is 1. The van der Waals surface area contributed by atoms with E-state index in [2.05, 4.69) is 5.32 Å². The van der Waals surface area contributed by atoms with Gasteiger partial charge in [0.1, 0.15) is 19.3 Å². The van der Waals surface area contributed by atoms with Crippen LogP contribution in [0.15, 0.2) is 30.3 Å². The molecule has 1 heterocycles. The maximum absolute atomic E-state index is 11.7. The minimum absolute atomic E-state index is 0.0409. The number of benzene rings is 1. The molecule has 1 aliphatic rings. The number of alkyl carbamates (subject to hydrolysis) is 1. The Morgan fingerprint density at radius 2 is 2.20 bits per heavy atom. The van der Waals surface area contributed by atoms with E-state index < -0.39 is 18.0 Å². The average Bonchev–Trinajstić information content (AvgIpc) is 2.80. The molecule has 1 saturated heterocycles. The third-order valence-electron chi connectivity index (χ3n) is 2.75. The van der Waals surface area contributed by atoms with Gasteiger partial charge in [-0.25, -0.2) is 9.86 Å². The lowest BCUT2D eigenvalue weighted by Gasteiger charge is -2.13. The molecule has 1 aromatic rings. The summed E-state index contributed by atoms with van der Waals surface area (Å²) in [5.74, 6) is -0.393. The van der Waals surface area contributed by atoms with Crippen molar-refractivity contribution in [1.29, 1.82) is 0 Å². The van der Waals surface area contributed by atoms with E-state index >= 15 is 0 Å². The average molecular weight is 280 g/mol. The van der Waals surface area contributed by atoms with Crippen LogP contribution in [0.5, 0.6) is 0 Å². The Labute approximate surface area is 116 Å². The lowest BCUT2D eigenvalue weighted by Crippen LogP contribution is -2.43. The Balaban J connectivity index is 1.76. The van der Waals surface area contributed by atoms with Crippen molar-refractivity contribution in [3.63, 3.8) is 0 Å². The van der Waals surface area contributed by atoms with Crippen LogP contribution < -0.4 is 5.32 Å². The predicted molar refractivity (Wildman–Crippen MR) is 68.3 cm³/mol.